The van der Waals surface area contributed by atoms with Crippen LogP contribution in [0.1, 0.15) is 36.8 Å². The SMILES string of the molecule is O=C(C1CCN(COCc2ccccc2F)CC1)N1CCCCc2cc(Cl)ccc21. The number of piperidine rings is 1. The number of ether oxygens (including phenoxy) is 1. The highest BCUT2D eigenvalue weighted by Gasteiger charge is 2.30. The van der Waals surface area contributed by atoms with Gasteiger partial charge >= 0.3 is 0 Å². The number of nitrogens with zero attached hydrogens (tertiary/aromatic N) is 2. The molecule has 0 N–H and O–H groups in total. The van der Waals surface area contributed by atoms with Crippen molar-refractivity contribution in [2.45, 2.75) is 38.7 Å². The van der Waals surface area contributed by atoms with E-state index >= 15 is 0 Å². The number of carbonyl (C=O) groups excluding carboxylic acids is 1. The molecule has 30 heavy (non-hydrogen) atoms. The number of likely N-dealkylation sites (tertiary alicyclic amines) is 1. The Morgan fingerprint density at radius 3 is 2.70 bits per heavy atom. The van der Waals surface area contributed by atoms with E-state index in [0.29, 0.717) is 12.3 Å². The molecule has 160 valence electrons. The fourth-order valence-electron chi connectivity index (χ4n) is 4.38. The lowest BCUT2D eigenvalue weighted by molar-refractivity contribution is -0.124. The molecular weight excluding hydrogens is 403 g/mol. The first-order valence-electron chi connectivity index (χ1n) is 10.7. The van der Waals surface area contributed by atoms with Crippen LogP contribution in [-0.4, -0.2) is 37.2 Å². The molecule has 0 saturated carbocycles. The van der Waals surface area contributed by atoms with Crippen molar-refractivity contribution in [1.29, 1.82) is 0 Å². The van der Waals surface area contributed by atoms with Gasteiger partial charge in [-0.2, -0.15) is 0 Å². The van der Waals surface area contributed by atoms with Crippen LogP contribution in [0.5, 0.6) is 0 Å². The van der Waals surface area contributed by atoms with Crippen molar-refractivity contribution >= 4 is 23.2 Å². The van der Waals surface area contributed by atoms with Gasteiger partial charge in [0, 0.05) is 41.8 Å². The Morgan fingerprint density at radius 2 is 1.90 bits per heavy atom. The van der Waals surface area contributed by atoms with Crippen LogP contribution in [0.15, 0.2) is 42.5 Å². The molecule has 2 aromatic carbocycles. The van der Waals surface area contributed by atoms with Gasteiger partial charge in [-0.1, -0.05) is 29.8 Å². The maximum Gasteiger partial charge on any atom is 0.230 e. The summed E-state index contributed by atoms with van der Waals surface area (Å²) in [4.78, 5) is 17.5. The lowest BCUT2D eigenvalue weighted by Crippen LogP contribution is -2.43. The fourth-order valence-corrected chi connectivity index (χ4v) is 4.58. The first-order valence-corrected chi connectivity index (χ1v) is 11.1. The third kappa shape index (κ3) is 5.02. The Morgan fingerprint density at radius 1 is 1.10 bits per heavy atom. The maximum absolute atomic E-state index is 13.7. The third-order valence-corrected chi connectivity index (χ3v) is 6.34. The average molecular weight is 431 g/mol. The van der Waals surface area contributed by atoms with Gasteiger partial charge in [-0.05, 0) is 61.9 Å². The summed E-state index contributed by atoms with van der Waals surface area (Å²) in [6, 6.07) is 12.6. The Hall–Kier alpha value is -1.95. The molecule has 2 aliphatic rings. The first-order chi connectivity index (χ1) is 14.6. The highest BCUT2D eigenvalue weighted by Crippen LogP contribution is 2.31. The van der Waals surface area contributed by atoms with Crippen LogP contribution in [0.2, 0.25) is 5.02 Å². The summed E-state index contributed by atoms with van der Waals surface area (Å²) in [7, 11) is 0. The second-order valence-corrected chi connectivity index (χ2v) is 8.62. The number of anilines is 1. The topological polar surface area (TPSA) is 32.8 Å². The van der Waals surface area contributed by atoms with E-state index in [1.807, 2.05) is 29.2 Å². The number of carbonyl (C=O) groups is 1. The van der Waals surface area contributed by atoms with E-state index in [9.17, 15) is 9.18 Å². The smallest absolute Gasteiger partial charge is 0.230 e. The van der Waals surface area contributed by atoms with Crippen LogP contribution >= 0.6 is 11.6 Å². The van der Waals surface area contributed by atoms with Gasteiger partial charge in [-0.25, -0.2) is 4.39 Å². The Balaban J connectivity index is 1.30. The Labute approximate surface area is 182 Å². The quantitative estimate of drug-likeness (QED) is 0.666. The Kier molecular flexibility index (Phi) is 7.03. The number of benzene rings is 2. The molecule has 0 atom stereocenters. The molecule has 2 heterocycles. The van der Waals surface area contributed by atoms with E-state index in [2.05, 4.69) is 4.90 Å². The largest absolute Gasteiger partial charge is 0.361 e. The van der Waals surface area contributed by atoms with Crippen molar-refractivity contribution in [2.24, 2.45) is 5.92 Å². The number of hydrogen-bond donors (Lipinski definition) is 0. The zero-order chi connectivity index (χ0) is 20.9. The van der Waals surface area contributed by atoms with Crippen molar-refractivity contribution in [1.82, 2.24) is 4.90 Å². The van der Waals surface area contributed by atoms with Crippen LogP contribution in [0.3, 0.4) is 0 Å². The summed E-state index contributed by atoms with van der Waals surface area (Å²) in [5.41, 5.74) is 2.77. The maximum atomic E-state index is 13.7. The molecule has 2 aromatic rings. The van der Waals surface area contributed by atoms with Gasteiger partial charge in [-0.3, -0.25) is 9.69 Å². The minimum atomic E-state index is -0.235. The zero-order valence-corrected chi connectivity index (χ0v) is 17.9. The van der Waals surface area contributed by atoms with Crippen LogP contribution < -0.4 is 4.90 Å². The molecule has 0 radical (unpaired) electrons. The molecular formula is C24H28ClFN2O2. The fraction of sp³-hybridized carbons (Fsp3) is 0.458. The van der Waals surface area contributed by atoms with Gasteiger partial charge in [0.2, 0.25) is 5.91 Å². The van der Waals surface area contributed by atoms with Crippen LogP contribution in [0.25, 0.3) is 0 Å². The molecule has 4 rings (SSSR count). The summed E-state index contributed by atoms with van der Waals surface area (Å²) >= 11 is 6.17. The van der Waals surface area contributed by atoms with E-state index in [0.717, 1.165) is 62.4 Å². The predicted octanol–water partition coefficient (Wildman–Crippen LogP) is 5.03. The average Bonchev–Trinajstić information content (AvgIpc) is 2.97. The molecule has 2 aliphatic heterocycles. The lowest BCUT2D eigenvalue weighted by Gasteiger charge is -2.34. The number of aryl methyl sites for hydroxylation is 1. The standard InChI is InChI=1S/C24H28ClFN2O2/c25-21-8-9-23-19(15-21)5-3-4-12-28(23)24(29)18-10-13-27(14-11-18)17-30-16-20-6-1-2-7-22(20)26/h1-2,6-9,15,18H,3-5,10-14,16-17H2. The minimum Gasteiger partial charge on any atom is -0.361 e. The Bertz CT molecular complexity index is 883. The van der Waals surface area contributed by atoms with Gasteiger partial charge < -0.3 is 9.64 Å². The molecule has 0 bridgehead atoms. The monoisotopic (exact) mass is 430 g/mol. The molecule has 0 spiro atoms. The first kappa shape index (κ1) is 21.3. The normalized spacial score (nSPS) is 18.1. The molecule has 1 saturated heterocycles. The number of rotatable bonds is 5. The van der Waals surface area contributed by atoms with Gasteiger partial charge in [0.1, 0.15) is 5.82 Å². The van der Waals surface area contributed by atoms with Crippen LogP contribution in [-0.2, 0) is 22.6 Å². The highest BCUT2D eigenvalue weighted by atomic mass is 35.5. The van der Waals surface area contributed by atoms with Crippen molar-refractivity contribution in [3.8, 4) is 0 Å². The van der Waals surface area contributed by atoms with E-state index < -0.39 is 0 Å². The molecule has 1 amide bonds. The van der Waals surface area contributed by atoms with Crippen LogP contribution in [0.4, 0.5) is 10.1 Å². The summed E-state index contributed by atoms with van der Waals surface area (Å²) < 4.78 is 19.4. The number of hydrogen-bond acceptors (Lipinski definition) is 3. The third-order valence-electron chi connectivity index (χ3n) is 6.10. The van der Waals surface area contributed by atoms with E-state index in [1.54, 1.807) is 12.1 Å². The van der Waals surface area contributed by atoms with Crippen molar-refractivity contribution in [2.75, 3.05) is 31.3 Å². The van der Waals surface area contributed by atoms with Gasteiger partial charge in [0.15, 0.2) is 0 Å². The minimum absolute atomic E-state index is 0.0365. The second-order valence-electron chi connectivity index (χ2n) is 8.18. The summed E-state index contributed by atoms with van der Waals surface area (Å²) in [5.74, 6) is 0.0302. The number of amides is 1. The number of halogens is 2. The summed E-state index contributed by atoms with van der Waals surface area (Å²) in [6.07, 6.45) is 4.70. The zero-order valence-electron chi connectivity index (χ0n) is 17.2. The lowest BCUT2D eigenvalue weighted by atomic mass is 9.95. The molecule has 4 nitrogen and oxygen atoms in total. The number of fused-ring (bicyclic) bond motifs is 1. The van der Waals surface area contributed by atoms with Crippen LogP contribution in [0, 0.1) is 11.7 Å². The van der Waals surface area contributed by atoms with Gasteiger partial charge in [-0.15, -0.1) is 0 Å². The summed E-state index contributed by atoms with van der Waals surface area (Å²) in [5, 5.41) is 0.728. The molecule has 1 fully saturated rings. The van der Waals surface area contributed by atoms with E-state index in [4.69, 9.17) is 16.3 Å². The van der Waals surface area contributed by atoms with E-state index in [1.165, 1.54) is 11.6 Å². The molecule has 6 heteroatoms. The van der Waals surface area contributed by atoms with Crippen molar-refractivity contribution in [3.05, 3.63) is 64.4 Å². The van der Waals surface area contributed by atoms with Crippen molar-refractivity contribution < 1.29 is 13.9 Å². The van der Waals surface area contributed by atoms with Gasteiger partial charge in [0.25, 0.3) is 0 Å². The molecule has 0 unspecified atom stereocenters. The molecule has 0 aliphatic carbocycles. The predicted molar refractivity (Wildman–Crippen MR) is 117 cm³/mol. The van der Waals surface area contributed by atoms with E-state index in [-0.39, 0.29) is 24.2 Å². The highest BCUT2D eigenvalue weighted by molar-refractivity contribution is 6.30. The summed E-state index contributed by atoms with van der Waals surface area (Å²) in [6.45, 7) is 3.13. The van der Waals surface area contributed by atoms with Crippen molar-refractivity contribution in [3.63, 3.8) is 0 Å². The second kappa shape index (κ2) is 9.90. The van der Waals surface area contributed by atoms with Gasteiger partial charge in [0.05, 0.1) is 13.3 Å². The molecule has 0 aromatic heterocycles.